The summed E-state index contributed by atoms with van der Waals surface area (Å²) < 4.78 is 43.5. The number of carboxylic acid groups (broad SMARTS) is 1. The highest BCUT2D eigenvalue weighted by Crippen LogP contribution is 2.38. The number of aliphatic carboxylic acids is 1. The van der Waals surface area contributed by atoms with Crippen LogP contribution in [0.25, 0.3) is 33.2 Å². The molecule has 1 aromatic carbocycles. The molecule has 12 heteroatoms. The second-order valence-corrected chi connectivity index (χ2v) is 8.27. The number of imidazole rings is 1. The van der Waals surface area contributed by atoms with Gasteiger partial charge >= 0.3 is 12.1 Å². The summed E-state index contributed by atoms with van der Waals surface area (Å²) in [5.41, 5.74) is 3.78. The monoisotopic (exact) mass is 505 g/mol. The predicted molar refractivity (Wildman–Crippen MR) is 127 cm³/mol. The van der Waals surface area contributed by atoms with Gasteiger partial charge in [0.15, 0.2) is 11.5 Å². The van der Waals surface area contributed by atoms with Crippen LogP contribution in [0.15, 0.2) is 36.9 Å². The molecule has 0 bridgehead atoms. The number of carbonyl (C=O) groups is 1. The van der Waals surface area contributed by atoms with Gasteiger partial charge in [0.1, 0.15) is 0 Å². The molecule has 1 aliphatic rings. The Morgan fingerprint density at radius 2 is 1.94 bits per heavy atom. The summed E-state index contributed by atoms with van der Waals surface area (Å²) in [6, 6.07) is 6.05. The molecule has 0 unspecified atom stereocenters. The van der Waals surface area contributed by atoms with Crippen LogP contribution < -0.4 is 9.47 Å². The van der Waals surface area contributed by atoms with Gasteiger partial charge in [0.25, 0.3) is 0 Å². The number of fused-ring (bicyclic) bond motifs is 3. The number of nitrogens with zero attached hydrogens (tertiary/aromatic N) is 3. The number of H-pyrrole nitrogens is 2. The molecular weight excluding hydrogens is 479 g/mol. The SMILES string of the molecule is COc1cc2c(cc1OCCCN1CCCC1)[nH]c1ccnc(-c3cnc[nH]3)c12.O=C(O)C(F)(F)F. The van der Waals surface area contributed by atoms with Crippen molar-refractivity contribution in [1.82, 2.24) is 24.8 Å². The number of benzene rings is 1. The molecule has 0 saturated carbocycles. The maximum Gasteiger partial charge on any atom is 0.490 e. The Morgan fingerprint density at radius 3 is 2.58 bits per heavy atom. The van der Waals surface area contributed by atoms with E-state index in [1.807, 2.05) is 18.2 Å². The zero-order chi connectivity index (χ0) is 25.7. The number of hydrogen-bond donors (Lipinski definition) is 3. The molecule has 0 radical (unpaired) electrons. The number of aromatic nitrogens is 4. The van der Waals surface area contributed by atoms with Crippen LogP contribution in [0, 0.1) is 0 Å². The summed E-state index contributed by atoms with van der Waals surface area (Å²) in [6.45, 7) is 4.21. The normalized spacial score (nSPS) is 14.1. The van der Waals surface area contributed by atoms with E-state index in [9.17, 15) is 13.2 Å². The van der Waals surface area contributed by atoms with E-state index in [0.29, 0.717) is 6.61 Å². The van der Waals surface area contributed by atoms with Crippen LogP contribution >= 0.6 is 0 Å². The molecule has 0 atom stereocenters. The fourth-order valence-corrected chi connectivity index (χ4v) is 4.19. The molecule has 5 rings (SSSR count). The Bertz CT molecular complexity index is 1320. The molecular formula is C24H26F3N5O4. The average molecular weight is 505 g/mol. The van der Waals surface area contributed by atoms with E-state index in [-0.39, 0.29) is 0 Å². The van der Waals surface area contributed by atoms with Gasteiger partial charge in [-0.1, -0.05) is 0 Å². The lowest BCUT2D eigenvalue weighted by Gasteiger charge is -2.15. The highest BCUT2D eigenvalue weighted by Gasteiger charge is 2.38. The first-order valence-electron chi connectivity index (χ1n) is 11.4. The number of nitrogens with one attached hydrogen (secondary N) is 2. The third-order valence-electron chi connectivity index (χ3n) is 5.86. The number of alkyl halides is 3. The molecule has 1 aliphatic heterocycles. The summed E-state index contributed by atoms with van der Waals surface area (Å²) in [6.07, 6.45) is 3.83. The number of halogens is 3. The number of pyridine rings is 1. The number of carboxylic acids is 1. The Hall–Kier alpha value is -3.80. The molecule has 4 heterocycles. The summed E-state index contributed by atoms with van der Waals surface area (Å²) in [4.78, 5) is 26.8. The lowest BCUT2D eigenvalue weighted by Crippen LogP contribution is -2.21. The van der Waals surface area contributed by atoms with Gasteiger partial charge in [-0.05, 0) is 44.5 Å². The fourth-order valence-electron chi connectivity index (χ4n) is 4.19. The number of methoxy groups -OCH3 is 1. The highest BCUT2D eigenvalue weighted by atomic mass is 19.4. The largest absolute Gasteiger partial charge is 0.493 e. The molecule has 0 spiro atoms. The van der Waals surface area contributed by atoms with Crippen molar-refractivity contribution in [3.63, 3.8) is 0 Å². The zero-order valence-corrected chi connectivity index (χ0v) is 19.6. The topological polar surface area (TPSA) is 116 Å². The van der Waals surface area contributed by atoms with Gasteiger partial charge in [-0.15, -0.1) is 0 Å². The van der Waals surface area contributed by atoms with Gasteiger partial charge in [-0.2, -0.15) is 13.2 Å². The standard InChI is InChI=1S/C22H25N5O2.C2HF3O2/c1-28-19-11-15-17(12-20(19)29-10-4-9-27-7-2-3-8-27)26-16-5-6-24-22(21(15)16)18-13-23-14-25-18;3-2(4,5)1(6)7/h5-6,11-14,26H,2-4,7-10H2,1H3,(H,23,25);(H,6,7). The lowest BCUT2D eigenvalue weighted by molar-refractivity contribution is -0.192. The quantitative estimate of drug-likeness (QED) is 0.314. The van der Waals surface area contributed by atoms with Crippen molar-refractivity contribution in [2.75, 3.05) is 33.4 Å². The van der Waals surface area contributed by atoms with E-state index in [0.717, 1.165) is 57.7 Å². The van der Waals surface area contributed by atoms with Crippen LogP contribution in [-0.4, -0.2) is 75.4 Å². The van der Waals surface area contributed by atoms with Crippen LogP contribution in [0.2, 0.25) is 0 Å². The molecule has 4 aromatic rings. The molecule has 3 N–H and O–H groups in total. The third kappa shape index (κ3) is 5.70. The van der Waals surface area contributed by atoms with Crippen LogP contribution in [-0.2, 0) is 4.79 Å². The first-order valence-corrected chi connectivity index (χ1v) is 11.4. The van der Waals surface area contributed by atoms with Crippen molar-refractivity contribution >= 4 is 27.8 Å². The van der Waals surface area contributed by atoms with Crippen molar-refractivity contribution in [3.8, 4) is 22.9 Å². The highest BCUT2D eigenvalue weighted by molar-refractivity contribution is 6.13. The number of aromatic amines is 2. The first kappa shape index (κ1) is 25.3. The number of likely N-dealkylation sites (tertiary alicyclic amines) is 1. The Balaban J connectivity index is 0.000000384. The molecule has 0 aliphatic carbocycles. The minimum atomic E-state index is -5.08. The number of ether oxygens (including phenoxy) is 2. The van der Waals surface area contributed by atoms with Crippen molar-refractivity contribution < 1.29 is 32.5 Å². The second kappa shape index (κ2) is 10.9. The molecule has 0 amide bonds. The minimum Gasteiger partial charge on any atom is -0.493 e. The predicted octanol–water partition coefficient (Wildman–Crippen LogP) is 4.61. The molecule has 3 aromatic heterocycles. The Labute approximate surface area is 204 Å². The van der Waals surface area contributed by atoms with E-state index in [2.05, 4.69) is 24.8 Å². The molecule has 36 heavy (non-hydrogen) atoms. The maximum absolute atomic E-state index is 10.6. The van der Waals surface area contributed by atoms with E-state index in [4.69, 9.17) is 19.4 Å². The number of rotatable bonds is 7. The van der Waals surface area contributed by atoms with Gasteiger partial charge in [-0.3, -0.25) is 4.98 Å². The minimum absolute atomic E-state index is 0.680. The van der Waals surface area contributed by atoms with Crippen molar-refractivity contribution in [2.24, 2.45) is 0 Å². The van der Waals surface area contributed by atoms with Crippen molar-refractivity contribution in [2.45, 2.75) is 25.4 Å². The van der Waals surface area contributed by atoms with Crippen molar-refractivity contribution in [3.05, 3.63) is 36.9 Å². The molecule has 1 fully saturated rings. The molecule has 1 saturated heterocycles. The van der Waals surface area contributed by atoms with Gasteiger partial charge in [0.2, 0.25) is 0 Å². The van der Waals surface area contributed by atoms with Crippen molar-refractivity contribution in [1.29, 1.82) is 0 Å². The second-order valence-electron chi connectivity index (χ2n) is 8.27. The average Bonchev–Trinajstić information content (AvgIpc) is 3.62. The zero-order valence-electron chi connectivity index (χ0n) is 19.6. The number of hydrogen-bond acceptors (Lipinski definition) is 6. The summed E-state index contributed by atoms with van der Waals surface area (Å²) in [5.74, 6) is -1.25. The Morgan fingerprint density at radius 1 is 1.19 bits per heavy atom. The third-order valence-corrected chi connectivity index (χ3v) is 5.86. The van der Waals surface area contributed by atoms with Crippen LogP contribution in [0.3, 0.4) is 0 Å². The van der Waals surface area contributed by atoms with Gasteiger partial charge < -0.3 is 29.4 Å². The van der Waals surface area contributed by atoms with Gasteiger partial charge in [0.05, 0.1) is 48.7 Å². The van der Waals surface area contributed by atoms with Gasteiger partial charge in [-0.25, -0.2) is 9.78 Å². The summed E-state index contributed by atoms with van der Waals surface area (Å²) in [7, 11) is 1.68. The van der Waals surface area contributed by atoms with Crippen LogP contribution in [0.4, 0.5) is 13.2 Å². The Kier molecular flexibility index (Phi) is 7.63. The van der Waals surface area contributed by atoms with Crippen LogP contribution in [0.1, 0.15) is 19.3 Å². The van der Waals surface area contributed by atoms with E-state index < -0.39 is 12.1 Å². The van der Waals surface area contributed by atoms with Crippen LogP contribution in [0.5, 0.6) is 11.5 Å². The fraction of sp³-hybridized carbons (Fsp3) is 0.375. The smallest absolute Gasteiger partial charge is 0.490 e. The van der Waals surface area contributed by atoms with E-state index in [1.165, 1.54) is 25.9 Å². The van der Waals surface area contributed by atoms with E-state index >= 15 is 0 Å². The lowest BCUT2D eigenvalue weighted by atomic mass is 10.1. The first-order chi connectivity index (χ1) is 17.3. The molecule has 9 nitrogen and oxygen atoms in total. The summed E-state index contributed by atoms with van der Waals surface area (Å²) in [5, 5.41) is 9.23. The van der Waals surface area contributed by atoms with Gasteiger partial charge in [0, 0.05) is 29.6 Å². The summed E-state index contributed by atoms with van der Waals surface area (Å²) >= 11 is 0. The van der Waals surface area contributed by atoms with E-state index in [1.54, 1.807) is 25.8 Å². The maximum atomic E-state index is 10.6. The molecule has 192 valence electrons.